The molecular weight excluding hydrogens is 196 g/mol. The van der Waals surface area contributed by atoms with Crippen molar-refractivity contribution in [2.45, 2.75) is 17.9 Å². The van der Waals surface area contributed by atoms with Gasteiger partial charge in [-0.25, -0.2) is 0 Å². The van der Waals surface area contributed by atoms with Gasteiger partial charge in [-0.1, -0.05) is 42.5 Å². The number of benzene rings is 1. The second-order valence-electron chi connectivity index (χ2n) is 4.58. The number of fused-ring (bicyclic) bond motifs is 5. The maximum atomic E-state index is 5.58. The van der Waals surface area contributed by atoms with E-state index in [9.17, 15) is 0 Å². The average Bonchev–Trinajstić information content (AvgIpc) is 2.57. The van der Waals surface area contributed by atoms with Gasteiger partial charge in [0.2, 0.25) is 0 Å². The molecule has 3 rings (SSSR count). The van der Waals surface area contributed by atoms with Crippen molar-refractivity contribution in [2.75, 3.05) is 7.11 Å². The number of rotatable bonds is 2. The molecule has 0 N–H and O–H groups in total. The van der Waals surface area contributed by atoms with Gasteiger partial charge in [0.15, 0.2) is 0 Å². The first-order valence-electron chi connectivity index (χ1n) is 5.79. The monoisotopic (exact) mass is 212 g/mol. The highest BCUT2D eigenvalue weighted by Crippen LogP contribution is 2.52. The van der Waals surface area contributed by atoms with Gasteiger partial charge < -0.3 is 4.74 Å². The summed E-state index contributed by atoms with van der Waals surface area (Å²) in [6.45, 7) is 3.99. The van der Waals surface area contributed by atoms with Crippen molar-refractivity contribution in [2.24, 2.45) is 5.92 Å². The molecule has 0 heterocycles. The lowest BCUT2D eigenvalue weighted by atomic mass is 9.79. The first-order chi connectivity index (χ1) is 7.86. The topological polar surface area (TPSA) is 9.23 Å². The minimum absolute atomic E-state index is 0.197. The third-order valence-corrected chi connectivity index (χ3v) is 3.95. The molecule has 0 aromatic heterocycles. The van der Waals surface area contributed by atoms with Crippen molar-refractivity contribution in [1.82, 2.24) is 0 Å². The minimum Gasteiger partial charge on any atom is -0.377 e. The Morgan fingerprint density at radius 1 is 1.19 bits per heavy atom. The second-order valence-corrected chi connectivity index (χ2v) is 4.58. The Labute approximate surface area is 96.4 Å². The van der Waals surface area contributed by atoms with Crippen LogP contribution in [0.4, 0.5) is 0 Å². The molecule has 2 aliphatic carbocycles. The lowest BCUT2D eigenvalue weighted by Gasteiger charge is -2.30. The van der Waals surface area contributed by atoms with Crippen LogP contribution in [0.3, 0.4) is 0 Å². The molecule has 82 valence electrons. The highest BCUT2D eigenvalue weighted by molar-refractivity contribution is 5.47. The van der Waals surface area contributed by atoms with E-state index in [-0.39, 0.29) is 6.10 Å². The zero-order valence-electron chi connectivity index (χ0n) is 9.47. The fraction of sp³-hybridized carbons (Fsp3) is 0.333. The molecule has 0 spiro atoms. The summed E-state index contributed by atoms with van der Waals surface area (Å²) in [5, 5.41) is 0. The molecule has 0 fully saturated rings. The molecule has 2 aliphatic rings. The van der Waals surface area contributed by atoms with Gasteiger partial charge in [-0.3, -0.25) is 0 Å². The molecular formula is C15H16O. The Morgan fingerprint density at radius 3 is 2.62 bits per heavy atom. The number of allylic oxidation sites excluding steroid dienone is 2. The molecule has 1 aromatic rings. The normalized spacial score (nSPS) is 34.8. The van der Waals surface area contributed by atoms with Crippen LogP contribution in [0.1, 0.15) is 23.0 Å². The Morgan fingerprint density at radius 2 is 1.94 bits per heavy atom. The molecule has 16 heavy (non-hydrogen) atoms. The first-order valence-corrected chi connectivity index (χ1v) is 5.79. The summed E-state index contributed by atoms with van der Waals surface area (Å²) >= 11 is 0. The largest absolute Gasteiger partial charge is 0.377 e. The van der Waals surface area contributed by atoms with Crippen LogP contribution >= 0.6 is 0 Å². The number of methoxy groups -OCH3 is 1. The molecule has 2 bridgehead atoms. The van der Waals surface area contributed by atoms with Gasteiger partial charge in [0.25, 0.3) is 0 Å². The zero-order valence-corrected chi connectivity index (χ0v) is 9.47. The van der Waals surface area contributed by atoms with Gasteiger partial charge in [-0.15, -0.1) is 6.58 Å². The molecule has 0 aliphatic heterocycles. The van der Waals surface area contributed by atoms with E-state index in [1.165, 1.54) is 11.1 Å². The van der Waals surface area contributed by atoms with Crippen LogP contribution in [0.2, 0.25) is 0 Å². The van der Waals surface area contributed by atoms with E-state index in [2.05, 4.69) is 49.1 Å². The fourth-order valence-electron chi connectivity index (χ4n) is 3.25. The van der Waals surface area contributed by atoms with E-state index >= 15 is 0 Å². The lowest BCUT2D eigenvalue weighted by molar-refractivity contribution is 0.100. The Bertz CT molecular complexity index is 447. The Kier molecular flexibility index (Phi) is 2.22. The summed E-state index contributed by atoms with van der Waals surface area (Å²) in [5.74, 6) is 1.45. The van der Waals surface area contributed by atoms with Crippen LogP contribution in [0, 0.1) is 5.92 Å². The van der Waals surface area contributed by atoms with Gasteiger partial charge in [0, 0.05) is 18.9 Å². The van der Waals surface area contributed by atoms with Crippen LogP contribution in [0.15, 0.2) is 49.1 Å². The van der Waals surface area contributed by atoms with Crippen molar-refractivity contribution >= 4 is 0 Å². The predicted octanol–water partition coefficient (Wildman–Crippen LogP) is 3.25. The smallest absolute Gasteiger partial charge is 0.0826 e. The number of hydrogen-bond acceptors (Lipinski definition) is 1. The molecule has 1 aromatic carbocycles. The van der Waals surface area contributed by atoms with Gasteiger partial charge in [-0.05, 0) is 17.0 Å². The van der Waals surface area contributed by atoms with Crippen molar-refractivity contribution in [3.63, 3.8) is 0 Å². The standard InChI is InChI=1S/C15H16O/c1-3-10-12-8-9-14(16-2)15(10)13-7-5-4-6-11(12)13/h3-10,12,14-15H,1H2,2H3/t10?,12?,14-,15?/m0/s1. The summed E-state index contributed by atoms with van der Waals surface area (Å²) in [5.41, 5.74) is 2.89. The van der Waals surface area contributed by atoms with Gasteiger partial charge in [0.05, 0.1) is 6.10 Å². The van der Waals surface area contributed by atoms with Crippen LogP contribution in [-0.2, 0) is 4.74 Å². The molecule has 0 amide bonds. The molecule has 0 saturated carbocycles. The van der Waals surface area contributed by atoms with E-state index in [1.807, 2.05) is 0 Å². The van der Waals surface area contributed by atoms with Crippen molar-refractivity contribution in [3.05, 3.63) is 60.2 Å². The van der Waals surface area contributed by atoms with E-state index in [1.54, 1.807) is 7.11 Å². The van der Waals surface area contributed by atoms with Crippen molar-refractivity contribution < 1.29 is 4.74 Å². The van der Waals surface area contributed by atoms with Crippen molar-refractivity contribution in [1.29, 1.82) is 0 Å². The SMILES string of the molecule is C=CC1C2C=C[C@H](OC)C1c1ccccc12. The number of hydrogen-bond donors (Lipinski definition) is 0. The Balaban J connectivity index is 2.16. The quantitative estimate of drug-likeness (QED) is 0.684. The lowest BCUT2D eigenvalue weighted by Crippen LogP contribution is -2.26. The van der Waals surface area contributed by atoms with Crippen LogP contribution < -0.4 is 0 Å². The third-order valence-electron chi connectivity index (χ3n) is 3.95. The molecule has 1 heteroatoms. The summed E-state index contributed by atoms with van der Waals surface area (Å²) in [6, 6.07) is 8.70. The summed E-state index contributed by atoms with van der Waals surface area (Å²) < 4.78 is 5.58. The van der Waals surface area contributed by atoms with E-state index in [4.69, 9.17) is 4.74 Å². The van der Waals surface area contributed by atoms with E-state index in [0.29, 0.717) is 17.8 Å². The maximum absolute atomic E-state index is 5.58. The molecule has 1 nitrogen and oxygen atoms in total. The van der Waals surface area contributed by atoms with E-state index < -0.39 is 0 Å². The second kappa shape index (κ2) is 3.60. The maximum Gasteiger partial charge on any atom is 0.0826 e. The summed E-state index contributed by atoms with van der Waals surface area (Å²) in [6.07, 6.45) is 6.77. The summed E-state index contributed by atoms with van der Waals surface area (Å²) in [4.78, 5) is 0. The van der Waals surface area contributed by atoms with Gasteiger partial charge in [-0.2, -0.15) is 0 Å². The highest BCUT2D eigenvalue weighted by atomic mass is 16.5. The van der Waals surface area contributed by atoms with Gasteiger partial charge in [0.1, 0.15) is 0 Å². The average molecular weight is 212 g/mol. The van der Waals surface area contributed by atoms with Crippen LogP contribution in [0.25, 0.3) is 0 Å². The molecule has 0 saturated heterocycles. The van der Waals surface area contributed by atoms with Crippen LogP contribution in [0.5, 0.6) is 0 Å². The number of ether oxygens (including phenoxy) is 1. The minimum atomic E-state index is 0.197. The van der Waals surface area contributed by atoms with Crippen molar-refractivity contribution in [3.8, 4) is 0 Å². The Hall–Kier alpha value is -1.34. The highest BCUT2D eigenvalue weighted by Gasteiger charge is 2.43. The zero-order chi connectivity index (χ0) is 11.1. The predicted molar refractivity (Wildman–Crippen MR) is 65.5 cm³/mol. The first kappa shape index (κ1) is 9.86. The molecule has 4 atom stereocenters. The van der Waals surface area contributed by atoms with Crippen LogP contribution in [-0.4, -0.2) is 13.2 Å². The molecule has 0 radical (unpaired) electrons. The fourth-order valence-corrected chi connectivity index (χ4v) is 3.25. The molecule has 3 unspecified atom stereocenters. The third kappa shape index (κ3) is 1.15. The van der Waals surface area contributed by atoms with E-state index in [0.717, 1.165) is 0 Å². The summed E-state index contributed by atoms with van der Waals surface area (Å²) in [7, 11) is 1.79. The van der Waals surface area contributed by atoms with Gasteiger partial charge >= 0.3 is 0 Å².